The van der Waals surface area contributed by atoms with Gasteiger partial charge in [-0.05, 0) is 29.7 Å². The minimum Gasteiger partial charge on any atom is -0.307 e. The molecule has 7 aromatic carbocycles. The molecule has 10 aromatic rings. The molecule has 46 heavy (non-hydrogen) atoms. The molecule has 0 fully saturated rings. The molecule has 10 rings (SSSR count). The van der Waals surface area contributed by atoms with E-state index in [4.69, 9.17) is 9.97 Å². The van der Waals surface area contributed by atoms with E-state index in [9.17, 15) is 0 Å². The van der Waals surface area contributed by atoms with Gasteiger partial charge in [0.25, 0.3) is 0 Å². The van der Waals surface area contributed by atoms with Gasteiger partial charge in [-0.2, -0.15) is 0 Å². The highest BCUT2D eigenvalue weighted by Gasteiger charge is 2.23. The Morgan fingerprint density at radius 1 is 0.370 bits per heavy atom. The van der Waals surface area contributed by atoms with E-state index in [1.807, 2.05) is 6.07 Å². The highest BCUT2D eigenvalue weighted by Crippen LogP contribution is 2.43. The molecule has 4 nitrogen and oxygen atoms in total. The molecule has 3 aromatic heterocycles. The van der Waals surface area contributed by atoms with Gasteiger partial charge in [0.1, 0.15) is 0 Å². The largest absolute Gasteiger partial charge is 0.307 e. The van der Waals surface area contributed by atoms with Crippen LogP contribution in [0.5, 0.6) is 0 Å². The molecule has 0 saturated heterocycles. The van der Waals surface area contributed by atoms with Crippen LogP contribution in [-0.2, 0) is 0 Å². The summed E-state index contributed by atoms with van der Waals surface area (Å²) in [5, 5.41) is 8.25. The highest BCUT2D eigenvalue weighted by atomic mass is 15.2. The van der Waals surface area contributed by atoms with E-state index in [0.717, 1.165) is 44.4 Å². The molecule has 4 heteroatoms. The summed E-state index contributed by atoms with van der Waals surface area (Å²) < 4.78 is 4.73. The van der Waals surface area contributed by atoms with E-state index in [2.05, 4.69) is 161 Å². The second-order valence-corrected chi connectivity index (χ2v) is 11.8. The van der Waals surface area contributed by atoms with Gasteiger partial charge in [0.15, 0.2) is 0 Å². The lowest BCUT2D eigenvalue weighted by Crippen LogP contribution is -2.04. The number of rotatable bonds is 3. The number of hydrogen-bond acceptors (Lipinski definition) is 2. The van der Waals surface area contributed by atoms with E-state index in [1.54, 1.807) is 0 Å². The Kier molecular flexibility index (Phi) is 5.25. The Morgan fingerprint density at radius 2 is 0.957 bits per heavy atom. The van der Waals surface area contributed by atoms with Crippen LogP contribution in [0.4, 0.5) is 0 Å². The molecule has 0 spiro atoms. The van der Waals surface area contributed by atoms with Crippen LogP contribution in [0.25, 0.3) is 88.2 Å². The highest BCUT2D eigenvalue weighted by molar-refractivity contribution is 6.26. The van der Waals surface area contributed by atoms with Crippen molar-refractivity contribution in [2.24, 2.45) is 0 Å². The first kappa shape index (κ1) is 25.1. The predicted molar refractivity (Wildman–Crippen MR) is 191 cm³/mol. The molecule has 0 aliphatic carbocycles. The minimum atomic E-state index is 0.658. The number of fused-ring (bicyclic) bond motifs is 10. The lowest BCUT2D eigenvalue weighted by atomic mass is 10.0. The molecular formula is C42H26N4. The van der Waals surface area contributed by atoms with Gasteiger partial charge in [-0.15, -0.1) is 0 Å². The molecule has 0 unspecified atom stereocenters. The first-order valence-electron chi connectivity index (χ1n) is 15.6. The smallest absolute Gasteiger partial charge is 0.235 e. The summed E-state index contributed by atoms with van der Waals surface area (Å²) >= 11 is 0. The quantitative estimate of drug-likeness (QED) is 0.206. The Labute approximate surface area is 264 Å². The summed E-state index contributed by atoms with van der Waals surface area (Å²) in [5.41, 5.74) is 8.54. The van der Waals surface area contributed by atoms with Crippen LogP contribution in [0, 0.1) is 0 Å². The van der Waals surface area contributed by atoms with Crippen molar-refractivity contribution in [3.8, 4) is 22.9 Å². The summed E-state index contributed by atoms with van der Waals surface area (Å²) in [5.74, 6) is 0.658. The summed E-state index contributed by atoms with van der Waals surface area (Å²) in [6.07, 6.45) is 0. The monoisotopic (exact) mass is 586 g/mol. The van der Waals surface area contributed by atoms with Crippen molar-refractivity contribution in [3.05, 3.63) is 158 Å². The van der Waals surface area contributed by atoms with Gasteiger partial charge >= 0.3 is 0 Å². The van der Waals surface area contributed by atoms with Gasteiger partial charge in [0, 0.05) is 43.6 Å². The first-order chi connectivity index (χ1) is 22.8. The molecule has 0 N–H and O–H groups in total. The summed E-state index contributed by atoms with van der Waals surface area (Å²) in [7, 11) is 0. The fraction of sp³-hybridized carbons (Fsp3) is 0. The molecule has 0 bridgehead atoms. The molecule has 0 aliphatic rings. The van der Waals surface area contributed by atoms with Gasteiger partial charge in [0.05, 0.1) is 33.3 Å². The van der Waals surface area contributed by atoms with E-state index >= 15 is 0 Å². The fourth-order valence-corrected chi connectivity index (χ4v) is 7.33. The SMILES string of the molecule is c1ccc(-c2nc(-n3c4ccccc4c4ccc5c6ccc7ccccc7c6n(-c6ccccc6)c5c43)nc3ccccc23)cc1. The molecule has 0 radical (unpaired) electrons. The van der Waals surface area contributed by atoms with Gasteiger partial charge in [-0.25, -0.2) is 9.97 Å². The average molecular weight is 587 g/mol. The molecule has 0 amide bonds. The van der Waals surface area contributed by atoms with E-state index in [1.165, 1.54) is 37.8 Å². The predicted octanol–water partition coefficient (Wildman–Crippen LogP) is 10.6. The van der Waals surface area contributed by atoms with Crippen LogP contribution >= 0.6 is 0 Å². The van der Waals surface area contributed by atoms with Crippen LogP contribution in [0.2, 0.25) is 0 Å². The van der Waals surface area contributed by atoms with Gasteiger partial charge < -0.3 is 4.57 Å². The normalized spacial score (nSPS) is 11.9. The number of hydrogen-bond donors (Lipinski definition) is 0. The maximum absolute atomic E-state index is 5.37. The summed E-state index contributed by atoms with van der Waals surface area (Å²) in [6, 6.07) is 55.9. The van der Waals surface area contributed by atoms with Crippen LogP contribution in [0.1, 0.15) is 0 Å². The zero-order chi connectivity index (χ0) is 30.2. The third-order valence-corrected chi connectivity index (χ3v) is 9.30. The van der Waals surface area contributed by atoms with Crippen LogP contribution < -0.4 is 0 Å². The van der Waals surface area contributed by atoms with Crippen molar-refractivity contribution in [1.82, 2.24) is 19.1 Å². The maximum atomic E-state index is 5.37. The standard InChI is InChI=1S/C42H26N4/c1-3-14-28(15-4-1)38-35-20-9-11-21-36(35)43-42(44-38)46-37-22-12-10-19-31(37)32-25-26-34-33-24-23-27-13-7-8-18-30(27)39(33)45(40(34)41(32)46)29-16-5-2-6-17-29/h1-26H. The topological polar surface area (TPSA) is 35.6 Å². The summed E-state index contributed by atoms with van der Waals surface area (Å²) in [6.45, 7) is 0. The van der Waals surface area contributed by atoms with Crippen molar-refractivity contribution in [2.75, 3.05) is 0 Å². The Bertz CT molecular complexity index is 2790. The second kappa shape index (κ2) is 9.62. The second-order valence-electron chi connectivity index (χ2n) is 11.8. The Hall–Kier alpha value is -6.26. The third kappa shape index (κ3) is 3.49. The van der Waals surface area contributed by atoms with E-state index in [0.29, 0.717) is 5.95 Å². The van der Waals surface area contributed by atoms with Gasteiger partial charge in [-0.1, -0.05) is 133 Å². The number of para-hydroxylation sites is 3. The number of benzene rings is 7. The molecular weight excluding hydrogens is 560 g/mol. The van der Waals surface area contributed by atoms with Crippen LogP contribution in [0.3, 0.4) is 0 Å². The van der Waals surface area contributed by atoms with Crippen molar-refractivity contribution in [3.63, 3.8) is 0 Å². The van der Waals surface area contributed by atoms with Crippen molar-refractivity contribution in [2.45, 2.75) is 0 Å². The van der Waals surface area contributed by atoms with E-state index in [-0.39, 0.29) is 0 Å². The first-order valence-corrected chi connectivity index (χ1v) is 15.6. The lowest BCUT2D eigenvalue weighted by Gasteiger charge is -2.14. The molecule has 0 atom stereocenters. The van der Waals surface area contributed by atoms with Crippen molar-refractivity contribution in [1.29, 1.82) is 0 Å². The van der Waals surface area contributed by atoms with Crippen molar-refractivity contribution < 1.29 is 0 Å². The van der Waals surface area contributed by atoms with E-state index < -0.39 is 0 Å². The van der Waals surface area contributed by atoms with Crippen molar-refractivity contribution >= 4 is 65.3 Å². The Morgan fingerprint density at radius 3 is 1.78 bits per heavy atom. The van der Waals surface area contributed by atoms with Gasteiger partial charge in [-0.3, -0.25) is 4.57 Å². The molecule has 3 heterocycles. The third-order valence-electron chi connectivity index (χ3n) is 9.30. The zero-order valence-corrected chi connectivity index (χ0v) is 24.8. The molecule has 214 valence electrons. The van der Waals surface area contributed by atoms with Gasteiger partial charge in [0.2, 0.25) is 5.95 Å². The lowest BCUT2D eigenvalue weighted by molar-refractivity contribution is 1.01. The maximum Gasteiger partial charge on any atom is 0.235 e. The summed E-state index contributed by atoms with van der Waals surface area (Å²) in [4.78, 5) is 10.6. The molecule has 0 aliphatic heterocycles. The number of nitrogens with zero attached hydrogens (tertiary/aromatic N) is 4. The van der Waals surface area contributed by atoms with Crippen LogP contribution in [0.15, 0.2) is 158 Å². The van der Waals surface area contributed by atoms with Crippen LogP contribution in [-0.4, -0.2) is 19.1 Å². The average Bonchev–Trinajstić information content (AvgIpc) is 3.65. The fourth-order valence-electron chi connectivity index (χ4n) is 7.33. The zero-order valence-electron chi connectivity index (χ0n) is 24.8. The molecule has 0 saturated carbocycles. The number of aromatic nitrogens is 4. The Balaban J connectivity index is 1.45. The minimum absolute atomic E-state index is 0.658.